The minimum atomic E-state index is 0.0567. The van der Waals surface area contributed by atoms with Crippen molar-refractivity contribution in [2.45, 2.75) is 49.5 Å². The Morgan fingerprint density at radius 3 is 3.00 bits per heavy atom. The van der Waals surface area contributed by atoms with Crippen LogP contribution < -0.4 is 10.6 Å². The molecule has 1 aliphatic carbocycles. The van der Waals surface area contributed by atoms with Gasteiger partial charge in [0.05, 0.1) is 5.75 Å². The van der Waals surface area contributed by atoms with Crippen LogP contribution in [0.2, 0.25) is 0 Å². The monoisotopic (exact) mass is 286 g/mol. The summed E-state index contributed by atoms with van der Waals surface area (Å²) in [5.41, 5.74) is 0. The van der Waals surface area contributed by atoms with E-state index in [0.29, 0.717) is 11.8 Å². The van der Waals surface area contributed by atoms with Crippen LogP contribution in [0.15, 0.2) is 4.34 Å². The Balaban J connectivity index is 1.71. The molecule has 1 saturated carbocycles. The SMILES string of the molecule is CC[C@@H](C)NC(=O)CSc1nnc(NC2CC2)s1. The van der Waals surface area contributed by atoms with Crippen LogP contribution in [0.25, 0.3) is 0 Å². The topological polar surface area (TPSA) is 66.9 Å². The fourth-order valence-corrected chi connectivity index (χ4v) is 2.91. The summed E-state index contributed by atoms with van der Waals surface area (Å²) in [6.07, 6.45) is 3.39. The molecule has 1 aromatic heterocycles. The first-order valence-corrected chi connectivity index (χ1v) is 7.99. The lowest BCUT2D eigenvalue weighted by atomic mass is 10.3. The van der Waals surface area contributed by atoms with Crippen LogP contribution >= 0.6 is 23.1 Å². The fraction of sp³-hybridized carbons (Fsp3) is 0.727. The van der Waals surface area contributed by atoms with Gasteiger partial charge in [-0.1, -0.05) is 30.0 Å². The Kier molecular flexibility index (Phi) is 4.82. The van der Waals surface area contributed by atoms with Crippen LogP contribution in [0.4, 0.5) is 5.13 Å². The molecule has 1 atom stereocenters. The van der Waals surface area contributed by atoms with E-state index in [-0.39, 0.29) is 11.9 Å². The quantitative estimate of drug-likeness (QED) is 0.752. The standard InChI is InChI=1S/C11H18N4OS2/c1-3-7(2)12-9(16)6-17-11-15-14-10(18-11)13-8-4-5-8/h7-8H,3-6H2,1-2H3,(H,12,16)(H,13,14)/t7-/m1/s1. The zero-order valence-corrected chi connectivity index (χ0v) is 12.2. The molecule has 0 radical (unpaired) electrons. The van der Waals surface area contributed by atoms with E-state index in [2.05, 4.69) is 27.8 Å². The summed E-state index contributed by atoms with van der Waals surface area (Å²) in [5, 5.41) is 15.2. The lowest BCUT2D eigenvalue weighted by Crippen LogP contribution is -2.33. The Morgan fingerprint density at radius 2 is 2.33 bits per heavy atom. The van der Waals surface area contributed by atoms with E-state index in [4.69, 9.17) is 0 Å². The molecule has 1 aromatic rings. The van der Waals surface area contributed by atoms with Gasteiger partial charge in [0.1, 0.15) is 0 Å². The van der Waals surface area contributed by atoms with Gasteiger partial charge in [-0.15, -0.1) is 10.2 Å². The van der Waals surface area contributed by atoms with Gasteiger partial charge in [-0.25, -0.2) is 0 Å². The largest absolute Gasteiger partial charge is 0.357 e. The van der Waals surface area contributed by atoms with Crippen LogP contribution in [0, 0.1) is 0 Å². The molecule has 0 spiro atoms. The lowest BCUT2D eigenvalue weighted by Gasteiger charge is -2.09. The van der Waals surface area contributed by atoms with Gasteiger partial charge in [0.15, 0.2) is 4.34 Å². The number of amides is 1. The van der Waals surface area contributed by atoms with Crippen molar-refractivity contribution in [2.24, 2.45) is 0 Å². The van der Waals surface area contributed by atoms with E-state index in [9.17, 15) is 4.79 Å². The van der Waals surface area contributed by atoms with E-state index in [1.54, 1.807) is 0 Å². The average molecular weight is 286 g/mol. The zero-order chi connectivity index (χ0) is 13.0. The summed E-state index contributed by atoms with van der Waals surface area (Å²) < 4.78 is 0.845. The first kappa shape index (κ1) is 13.6. The van der Waals surface area contributed by atoms with Crippen LogP contribution in [0.1, 0.15) is 33.1 Å². The maximum absolute atomic E-state index is 11.6. The second-order valence-corrected chi connectivity index (χ2v) is 6.66. The Bertz CT molecular complexity index is 406. The predicted octanol–water partition coefficient (Wildman–Crippen LogP) is 2.12. The maximum atomic E-state index is 11.6. The minimum Gasteiger partial charge on any atom is -0.357 e. The van der Waals surface area contributed by atoms with Gasteiger partial charge in [-0.05, 0) is 26.2 Å². The highest BCUT2D eigenvalue weighted by molar-refractivity contribution is 8.01. The molecule has 1 amide bonds. The molecule has 0 unspecified atom stereocenters. The third-order valence-corrected chi connectivity index (χ3v) is 4.65. The highest BCUT2D eigenvalue weighted by Crippen LogP contribution is 2.29. The van der Waals surface area contributed by atoms with Crippen molar-refractivity contribution in [1.82, 2.24) is 15.5 Å². The van der Waals surface area contributed by atoms with Crippen molar-refractivity contribution in [1.29, 1.82) is 0 Å². The van der Waals surface area contributed by atoms with Crippen molar-refractivity contribution in [2.75, 3.05) is 11.1 Å². The average Bonchev–Trinajstić information content (AvgIpc) is 3.04. The second kappa shape index (κ2) is 6.38. The van der Waals surface area contributed by atoms with Gasteiger partial charge in [0, 0.05) is 12.1 Å². The highest BCUT2D eigenvalue weighted by Gasteiger charge is 2.22. The van der Waals surface area contributed by atoms with E-state index >= 15 is 0 Å². The Labute approximate surface area is 115 Å². The predicted molar refractivity (Wildman–Crippen MR) is 75.2 cm³/mol. The van der Waals surface area contributed by atoms with Gasteiger partial charge in [0.2, 0.25) is 11.0 Å². The van der Waals surface area contributed by atoms with E-state index < -0.39 is 0 Å². The fourth-order valence-electron chi connectivity index (χ4n) is 1.27. The molecule has 0 aromatic carbocycles. The third-order valence-electron chi connectivity index (χ3n) is 2.66. The first-order valence-electron chi connectivity index (χ1n) is 6.19. The Hall–Kier alpha value is -0.820. The minimum absolute atomic E-state index is 0.0567. The molecule has 0 bridgehead atoms. The normalized spacial score (nSPS) is 16.3. The second-order valence-electron chi connectivity index (χ2n) is 4.46. The number of nitrogens with one attached hydrogen (secondary N) is 2. The molecule has 5 nitrogen and oxygen atoms in total. The van der Waals surface area contributed by atoms with Crippen molar-refractivity contribution >= 4 is 34.1 Å². The van der Waals surface area contributed by atoms with E-state index in [0.717, 1.165) is 15.9 Å². The Morgan fingerprint density at radius 1 is 1.56 bits per heavy atom. The summed E-state index contributed by atoms with van der Waals surface area (Å²) >= 11 is 2.96. The zero-order valence-electron chi connectivity index (χ0n) is 10.6. The van der Waals surface area contributed by atoms with Crippen molar-refractivity contribution in [3.63, 3.8) is 0 Å². The number of nitrogens with zero attached hydrogens (tertiary/aromatic N) is 2. The molecule has 7 heteroatoms. The van der Waals surface area contributed by atoms with Crippen LogP contribution in [-0.2, 0) is 4.79 Å². The van der Waals surface area contributed by atoms with Crippen molar-refractivity contribution < 1.29 is 4.79 Å². The molecule has 100 valence electrons. The number of hydrogen-bond acceptors (Lipinski definition) is 6. The third kappa shape index (κ3) is 4.45. The number of hydrogen-bond donors (Lipinski definition) is 2. The van der Waals surface area contributed by atoms with Crippen LogP contribution in [0.3, 0.4) is 0 Å². The van der Waals surface area contributed by atoms with Crippen LogP contribution in [-0.4, -0.2) is 33.9 Å². The lowest BCUT2D eigenvalue weighted by molar-refractivity contribution is -0.119. The molecule has 0 saturated heterocycles. The van der Waals surface area contributed by atoms with Gasteiger partial charge >= 0.3 is 0 Å². The first-order chi connectivity index (χ1) is 8.67. The number of carbonyl (C=O) groups is 1. The summed E-state index contributed by atoms with van der Waals surface area (Å²) in [6.45, 7) is 4.06. The van der Waals surface area contributed by atoms with Gasteiger partial charge in [0.25, 0.3) is 0 Å². The highest BCUT2D eigenvalue weighted by atomic mass is 32.2. The van der Waals surface area contributed by atoms with E-state index in [1.807, 2.05) is 6.92 Å². The molecular formula is C11H18N4OS2. The molecule has 1 fully saturated rings. The summed E-state index contributed by atoms with van der Waals surface area (Å²) in [6, 6.07) is 0.823. The van der Waals surface area contributed by atoms with Crippen molar-refractivity contribution in [3.05, 3.63) is 0 Å². The number of rotatable bonds is 7. The van der Waals surface area contributed by atoms with Gasteiger partial charge in [-0.2, -0.15) is 0 Å². The molecule has 18 heavy (non-hydrogen) atoms. The summed E-state index contributed by atoms with van der Waals surface area (Å²) in [7, 11) is 0. The molecule has 2 N–H and O–H groups in total. The molecule has 0 aliphatic heterocycles. The number of thioether (sulfide) groups is 1. The van der Waals surface area contributed by atoms with Crippen LogP contribution in [0.5, 0.6) is 0 Å². The number of anilines is 1. The molecule has 1 heterocycles. The number of carbonyl (C=O) groups excluding carboxylic acids is 1. The molecule has 1 aliphatic rings. The van der Waals surface area contributed by atoms with Gasteiger partial charge < -0.3 is 10.6 Å². The smallest absolute Gasteiger partial charge is 0.230 e. The molecular weight excluding hydrogens is 268 g/mol. The summed E-state index contributed by atoms with van der Waals surface area (Å²) in [4.78, 5) is 11.6. The van der Waals surface area contributed by atoms with E-state index in [1.165, 1.54) is 35.9 Å². The maximum Gasteiger partial charge on any atom is 0.230 e. The number of aromatic nitrogens is 2. The molecule has 2 rings (SSSR count). The van der Waals surface area contributed by atoms with Crippen molar-refractivity contribution in [3.8, 4) is 0 Å². The van der Waals surface area contributed by atoms with Gasteiger partial charge in [-0.3, -0.25) is 4.79 Å². The summed E-state index contributed by atoms with van der Waals surface area (Å²) in [5.74, 6) is 0.462.